The number of carbonyl (C=O) groups is 3. The Bertz CT molecular complexity index is 496. The number of rotatable bonds is 12. The molecule has 0 spiro atoms. The summed E-state index contributed by atoms with van der Waals surface area (Å²) in [7, 11) is 2.30. The predicted molar refractivity (Wildman–Crippen MR) is 97.0 cm³/mol. The van der Waals surface area contributed by atoms with Gasteiger partial charge in [0.05, 0.1) is 14.2 Å². The number of unbranched alkanes of at least 4 members (excludes halogenated alkanes) is 4. The highest BCUT2D eigenvalue weighted by atomic mass is 16.5. The summed E-state index contributed by atoms with van der Waals surface area (Å²) < 4.78 is 9.20. The molecule has 0 saturated carbocycles. The van der Waals surface area contributed by atoms with Gasteiger partial charge in [-0.25, -0.2) is 0 Å². The zero-order valence-corrected chi connectivity index (χ0v) is 16.3. The molecule has 0 N–H and O–H groups in total. The van der Waals surface area contributed by atoms with Crippen molar-refractivity contribution in [3.8, 4) is 0 Å². The van der Waals surface area contributed by atoms with E-state index in [1.165, 1.54) is 12.8 Å². The van der Waals surface area contributed by atoms with Crippen molar-refractivity contribution in [1.29, 1.82) is 0 Å². The molecule has 0 aliphatic rings. The van der Waals surface area contributed by atoms with Gasteiger partial charge in [0, 0.05) is 5.57 Å². The average molecular weight is 352 g/mol. The van der Waals surface area contributed by atoms with Crippen LogP contribution < -0.4 is 0 Å². The Hall–Kier alpha value is -1.87. The van der Waals surface area contributed by atoms with Gasteiger partial charge in [-0.2, -0.15) is 0 Å². The first-order valence-electron chi connectivity index (χ1n) is 9.07. The van der Waals surface area contributed by atoms with Crippen LogP contribution >= 0.6 is 0 Å². The molecular weight excluding hydrogens is 320 g/mol. The average Bonchev–Trinajstić information content (AvgIpc) is 2.61. The third-order valence-corrected chi connectivity index (χ3v) is 3.98. The minimum absolute atomic E-state index is 0.371. The molecule has 0 aromatic heterocycles. The lowest BCUT2D eigenvalue weighted by atomic mass is 9.93. The van der Waals surface area contributed by atoms with E-state index in [2.05, 4.69) is 22.1 Å². The Morgan fingerprint density at radius 3 is 1.88 bits per heavy atom. The van der Waals surface area contributed by atoms with Crippen LogP contribution in [0.25, 0.3) is 0 Å². The van der Waals surface area contributed by atoms with E-state index in [0.29, 0.717) is 12.0 Å². The zero-order chi connectivity index (χ0) is 19.2. The number of ether oxygens (including phenoxy) is 2. The van der Waals surface area contributed by atoms with Gasteiger partial charge in [-0.05, 0) is 38.2 Å². The third kappa shape index (κ3) is 8.69. The summed E-state index contributed by atoms with van der Waals surface area (Å²) in [6.07, 6.45) is 7.54. The Morgan fingerprint density at radius 1 is 0.840 bits per heavy atom. The van der Waals surface area contributed by atoms with Crippen LogP contribution in [0, 0.1) is 5.92 Å². The number of hydrogen-bond donors (Lipinski definition) is 0. The van der Waals surface area contributed by atoms with Crippen LogP contribution in [0.3, 0.4) is 0 Å². The summed E-state index contributed by atoms with van der Waals surface area (Å²) in [5, 5.41) is 0. The zero-order valence-electron chi connectivity index (χ0n) is 16.3. The molecule has 0 radical (unpaired) electrons. The number of ketones is 1. The minimum atomic E-state index is -1.57. The maximum absolute atomic E-state index is 12.7. The number of allylic oxidation sites excluding steroid dienone is 1. The summed E-state index contributed by atoms with van der Waals surface area (Å²) in [5.41, 5.74) is 4.47. The molecule has 0 aliphatic heterocycles. The maximum atomic E-state index is 12.7. The van der Waals surface area contributed by atoms with E-state index in [1.54, 1.807) is 0 Å². The fraction of sp³-hybridized carbons (Fsp3) is 0.700. The number of methoxy groups -OCH3 is 2. The van der Waals surface area contributed by atoms with Crippen molar-refractivity contribution >= 4 is 17.7 Å². The Morgan fingerprint density at radius 2 is 1.40 bits per heavy atom. The van der Waals surface area contributed by atoms with Crippen LogP contribution in [0.1, 0.15) is 72.1 Å². The van der Waals surface area contributed by atoms with E-state index in [4.69, 9.17) is 0 Å². The lowest BCUT2D eigenvalue weighted by Gasteiger charge is -2.13. The van der Waals surface area contributed by atoms with Crippen LogP contribution in [-0.2, 0) is 23.9 Å². The standard InChI is InChI=1S/C20H32O5/c1-6-8-10-11-12-15(3)14-16(13-9-7-2)18(21)17(19(22)24-4)20(23)25-5/h17H,6-13H2,1-5H3. The molecule has 0 saturated heterocycles. The van der Waals surface area contributed by atoms with E-state index in [1.807, 2.05) is 13.8 Å². The molecule has 0 amide bonds. The smallest absolute Gasteiger partial charge is 0.328 e. The molecule has 0 atom stereocenters. The second kappa shape index (κ2) is 13.4. The highest BCUT2D eigenvalue weighted by Gasteiger charge is 2.37. The van der Waals surface area contributed by atoms with Crippen LogP contribution in [0.2, 0.25) is 0 Å². The summed E-state index contributed by atoms with van der Waals surface area (Å²) >= 11 is 0. The third-order valence-electron chi connectivity index (χ3n) is 3.98. The lowest BCUT2D eigenvalue weighted by Crippen LogP contribution is -2.34. The van der Waals surface area contributed by atoms with Gasteiger partial charge in [0.2, 0.25) is 5.92 Å². The SMILES string of the molecule is CCCCCCC(C)=C=C(CCCC)C(=O)C(C(=O)OC)C(=O)OC. The van der Waals surface area contributed by atoms with E-state index < -0.39 is 23.6 Å². The Balaban J connectivity index is 5.51. The van der Waals surface area contributed by atoms with Crippen molar-refractivity contribution < 1.29 is 23.9 Å². The highest BCUT2D eigenvalue weighted by molar-refractivity contribution is 6.20. The van der Waals surface area contributed by atoms with E-state index in [-0.39, 0.29) is 0 Å². The topological polar surface area (TPSA) is 69.7 Å². The minimum Gasteiger partial charge on any atom is -0.468 e. The predicted octanol–water partition coefficient (Wildman–Crippen LogP) is 4.15. The molecule has 0 aromatic rings. The summed E-state index contributed by atoms with van der Waals surface area (Å²) in [4.78, 5) is 36.5. The van der Waals surface area contributed by atoms with E-state index in [0.717, 1.165) is 51.9 Å². The van der Waals surface area contributed by atoms with Crippen molar-refractivity contribution in [3.05, 3.63) is 16.9 Å². The quantitative estimate of drug-likeness (QED) is 0.173. The van der Waals surface area contributed by atoms with Crippen molar-refractivity contribution in [2.75, 3.05) is 14.2 Å². The first-order valence-corrected chi connectivity index (χ1v) is 9.07. The summed E-state index contributed by atoms with van der Waals surface area (Å²) in [6.45, 7) is 6.10. The molecule has 0 aliphatic carbocycles. The molecule has 0 fully saturated rings. The fourth-order valence-corrected chi connectivity index (χ4v) is 2.46. The van der Waals surface area contributed by atoms with Crippen molar-refractivity contribution in [3.63, 3.8) is 0 Å². The van der Waals surface area contributed by atoms with Gasteiger partial charge in [-0.1, -0.05) is 39.5 Å². The van der Waals surface area contributed by atoms with Crippen LogP contribution in [0.15, 0.2) is 16.9 Å². The largest absolute Gasteiger partial charge is 0.468 e. The number of hydrogen-bond acceptors (Lipinski definition) is 5. The van der Waals surface area contributed by atoms with Crippen molar-refractivity contribution in [1.82, 2.24) is 0 Å². The van der Waals surface area contributed by atoms with E-state index >= 15 is 0 Å². The van der Waals surface area contributed by atoms with E-state index in [9.17, 15) is 14.4 Å². The monoisotopic (exact) mass is 352 g/mol. The normalized spacial score (nSPS) is 10.2. The van der Waals surface area contributed by atoms with Gasteiger partial charge < -0.3 is 9.47 Å². The summed E-state index contributed by atoms with van der Waals surface area (Å²) in [5.74, 6) is -3.93. The molecule has 0 heterocycles. The van der Waals surface area contributed by atoms with Crippen LogP contribution in [0.4, 0.5) is 0 Å². The fourth-order valence-electron chi connectivity index (χ4n) is 2.46. The summed E-state index contributed by atoms with van der Waals surface area (Å²) in [6, 6.07) is 0. The van der Waals surface area contributed by atoms with Crippen molar-refractivity contribution in [2.24, 2.45) is 5.92 Å². The lowest BCUT2D eigenvalue weighted by molar-refractivity contribution is -0.160. The number of carbonyl (C=O) groups excluding carboxylic acids is 3. The molecule has 142 valence electrons. The molecule has 0 aromatic carbocycles. The van der Waals surface area contributed by atoms with Gasteiger partial charge in [0.1, 0.15) is 0 Å². The highest BCUT2D eigenvalue weighted by Crippen LogP contribution is 2.18. The molecule has 5 heteroatoms. The van der Waals surface area contributed by atoms with Crippen LogP contribution in [-0.4, -0.2) is 31.9 Å². The molecule has 0 unspecified atom stereocenters. The Labute approximate surface area is 151 Å². The molecule has 0 rings (SSSR count). The number of esters is 2. The van der Waals surface area contributed by atoms with Gasteiger partial charge in [0.25, 0.3) is 0 Å². The van der Waals surface area contributed by atoms with Gasteiger partial charge in [-0.15, -0.1) is 5.73 Å². The van der Waals surface area contributed by atoms with Crippen LogP contribution in [0.5, 0.6) is 0 Å². The maximum Gasteiger partial charge on any atom is 0.328 e. The Kier molecular flexibility index (Phi) is 12.4. The second-order valence-corrected chi connectivity index (χ2v) is 6.14. The second-order valence-electron chi connectivity index (χ2n) is 6.14. The van der Waals surface area contributed by atoms with Gasteiger partial charge >= 0.3 is 11.9 Å². The number of Topliss-reactive ketones (excluding diaryl/α,β-unsaturated/α-hetero) is 1. The molecule has 0 bridgehead atoms. The van der Waals surface area contributed by atoms with Gasteiger partial charge in [0.15, 0.2) is 5.78 Å². The molecule has 25 heavy (non-hydrogen) atoms. The first kappa shape index (κ1) is 23.1. The molecule has 5 nitrogen and oxygen atoms in total. The first-order chi connectivity index (χ1) is 11.9. The van der Waals surface area contributed by atoms with Gasteiger partial charge in [-0.3, -0.25) is 14.4 Å². The molecular formula is C20H32O5. The van der Waals surface area contributed by atoms with Crippen molar-refractivity contribution in [2.45, 2.75) is 72.1 Å².